The molecule has 1 heteroatoms. The summed E-state index contributed by atoms with van der Waals surface area (Å²) in [6.07, 6.45) is 1.71. The van der Waals surface area contributed by atoms with Crippen molar-refractivity contribution in [1.82, 2.24) is 0 Å². The van der Waals surface area contributed by atoms with E-state index in [0.29, 0.717) is 0 Å². The summed E-state index contributed by atoms with van der Waals surface area (Å²) < 4.78 is 0. The van der Waals surface area contributed by atoms with Gasteiger partial charge in [-0.25, -0.2) is 0 Å². The largest absolute Gasteiger partial charge is 0.198 e. The molecule has 0 bridgehead atoms. The summed E-state index contributed by atoms with van der Waals surface area (Å²) in [7, 11) is 0. The highest BCUT2D eigenvalue weighted by atomic mass is 14.3. The zero-order valence-corrected chi connectivity index (χ0v) is 7.77. The molecular formula is C12H13N. The molecule has 0 saturated carbocycles. The first-order chi connectivity index (χ1) is 6.29. The molecule has 66 valence electrons. The Balaban J connectivity index is 2.85. The van der Waals surface area contributed by atoms with Crippen molar-refractivity contribution in [1.29, 1.82) is 5.26 Å². The fourth-order valence-corrected chi connectivity index (χ4v) is 1.33. The van der Waals surface area contributed by atoms with Gasteiger partial charge >= 0.3 is 0 Å². The van der Waals surface area contributed by atoms with Gasteiger partial charge in [0.1, 0.15) is 0 Å². The average Bonchev–Trinajstić information content (AvgIpc) is 2.21. The maximum absolute atomic E-state index is 8.84. The van der Waals surface area contributed by atoms with Gasteiger partial charge in [-0.15, -0.1) is 6.58 Å². The molecule has 0 spiro atoms. The van der Waals surface area contributed by atoms with Gasteiger partial charge in [0.2, 0.25) is 0 Å². The Bertz CT molecular complexity index is 308. The first-order valence-corrected chi connectivity index (χ1v) is 4.36. The number of nitrogens with zero attached hydrogens (tertiary/aromatic N) is 1. The van der Waals surface area contributed by atoms with Crippen LogP contribution in [0, 0.1) is 17.2 Å². The van der Waals surface area contributed by atoms with Gasteiger partial charge in [0.05, 0.1) is 12.0 Å². The highest BCUT2D eigenvalue weighted by Crippen LogP contribution is 2.23. The number of nitriles is 1. The Kier molecular flexibility index (Phi) is 3.28. The van der Waals surface area contributed by atoms with Crippen LogP contribution >= 0.6 is 0 Å². The topological polar surface area (TPSA) is 23.8 Å². The van der Waals surface area contributed by atoms with E-state index in [0.717, 1.165) is 0 Å². The lowest BCUT2D eigenvalue weighted by Gasteiger charge is -2.13. The minimum atomic E-state index is -0.0950. The SMILES string of the molecule is C=C[C@H](C#N)[C@@H](C)c1ccccc1. The highest BCUT2D eigenvalue weighted by molar-refractivity contribution is 5.23. The summed E-state index contributed by atoms with van der Waals surface area (Å²) >= 11 is 0. The van der Waals surface area contributed by atoms with Crippen molar-refractivity contribution in [2.45, 2.75) is 12.8 Å². The molecule has 0 aliphatic carbocycles. The van der Waals surface area contributed by atoms with Crippen molar-refractivity contribution in [2.75, 3.05) is 0 Å². The third-order valence-electron chi connectivity index (χ3n) is 2.27. The van der Waals surface area contributed by atoms with Crippen LogP contribution in [-0.2, 0) is 0 Å². The highest BCUT2D eigenvalue weighted by Gasteiger charge is 2.14. The van der Waals surface area contributed by atoms with Crippen LogP contribution in [0.25, 0.3) is 0 Å². The lowest BCUT2D eigenvalue weighted by Crippen LogP contribution is -2.04. The molecule has 0 saturated heterocycles. The predicted octanol–water partition coefficient (Wildman–Crippen LogP) is 3.12. The average molecular weight is 171 g/mol. The van der Waals surface area contributed by atoms with E-state index in [-0.39, 0.29) is 11.8 Å². The number of hydrogen-bond acceptors (Lipinski definition) is 1. The molecule has 1 aromatic rings. The maximum atomic E-state index is 8.84. The van der Waals surface area contributed by atoms with E-state index in [1.54, 1.807) is 6.08 Å². The van der Waals surface area contributed by atoms with Gasteiger partial charge in [-0.05, 0) is 5.56 Å². The van der Waals surface area contributed by atoms with Crippen LogP contribution < -0.4 is 0 Å². The molecule has 0 aromatic heterocycles. The van der Waals surface area contributed by atoms with Crippen molar-refractivity contribution in [3.8, 4) is 6.07 Å². The molecule has 0 heterocycles. The van der Waals surface area contributed by atoms with Crippen LogP contribution in [0.3, 0.4) is 0 Å². The molecule has 0 radical (unpaired) electrons. The zero-order valence-electron chi connectivity index (χ0n) is 7.77. The van der Waals surface area contributed by atoms with E-state index in [1.807, 2.05) is 37.3 Å². The van der Waals surface area contributed by atoms with Gasteiger partial charge in [0.15, 0.2) is 0 Å². The van der Waals surface area contributed by atoms with Gasteiger partial charge in [-0.1, -0.05) is 43.3 Å². The van der Waals surface area contributed by atoms with E-state index in [2.05, 4.69) is 12.6 Å². The van der Waals surface area contributed by atoms with Crippen molar-refractivity contribution in [3.05, 3.63) is 48.6 Å². The Hall–Kier alpha value is -1.55. The van der Waals surface area contributed by atoms with Crippen LogP contribution in [-0.4, -0.2) is 0 Å². The minimum absolute atomic E-state index is 0.0950. The second-order valence-corrected chi connectivity index (χ2v) is 3.09. The predicted molar refractivity (Wildman–Crippen MR) is 54.2 cm³/mol. The van der Waals surface area contributed by atoms with Gasteiger partial charge in [0.25, 0.3) is 0 Å². The van der Waals surface area contributed by atoms with Crippen molar-refractivity contribution in [2.24, 2.45) is 5.92 Å². The molecule has 0 aliphatic heterocycles. The normalized spacial score (nSPS) is 14.2. The number of allylic oxidation sites excluding steroid dienone is 1. The van der Waals surface area contributed by atoms with Crippen molar-refractivity contribution < 1.29 is 0 Å². The quantitative estimate of drug-likeness (QED) is 0.641. The van der Waals surface area contributed by atoms with Crippen LogP contribution in [0.5, 0.6) is 0 Å². The fraction of sp³-hybridized carbons (Fsp3) is 0.250. The lowest BCUT2D eigenvalue weighted by atomic mass is 9.89. The van der Waals surface area contributed by atoms with E-state index < -0.39 is 0 Å². The third kappa shape index (κ3) is 2.19. The van der Waals surface area contributed by atoms with Crippen LogP contribution in [0.4, 0.5) is 0 Å². The van der Waals surface area contributed by atoms with Gasteiger partial charge in [0, 0.05) is 5.92 Å². The van der Waals surface area contributed by atoms with Gasteiger partial charge in [-0.2, -0.15) is 5.26 Å². The molecule has 1 rings (SSSR count). The molecule has 0 fully saturated rings. The number of rotatable bonds is 3. The van der Waals surface area contributed by atoms with Crippen LogP contribution in [0.1, 0.15) is 18.4 Å². The molecule has 0 aliphatic rings. The van der Waals surface area contributed by atoms with E-state index in [9.17, 15) is 0 Å². The van der Waals surface area contributed by atoms with Crippen LogP contribution in [0.2, 0.25) is 0 Å². The molecule has 1 nitrogen and oxygen atoms in total. The summed E-state index contributed by atoms with van der Waals surface area (Å²) in [6.45, 7) is 5.70. The van der Waals surface area contributed by atoms with E-state index >= 15 is 0 Å². The van der Waals surface area contributed by atoms with Crippen molar-refractivity contribution in [3.63, 3.8) is 0 Å². The standard InChI is InChI=1S/C12H13N/c1-3-11(9-13)10(2)12-7-5-4-6-8-12/h3-8,10-11H,1H2,2H3/t10-,11-/m1/s1. The van der Waals surface area contributed by atoms with Crippen LogP contribution in [0.15, 0.2) is 43.0 Å². The fourth-order valence-electron chi connectivity index (χ4n) is 1.33. The summed E-state index contributed by atoms with van der Waals surface area (Å²) in [5.41, 5.74) is 1.19. The molecular weight excluding hydrogens is 158 g/mol. The Morgan fingerprint density at radius 2 is 2.00 bits per heavy atom. The summed E-state index contributed by atoms with van der Waals surface area (Å²) in [4.78, 5) is 0. The Morgan fingerprint density at radius 1 is 1.38 bits per heavy atom. The number of hydrogen-bond donors (Lipinski definition) is 0. The number of benzene rings is 1. The Labute approximate surface area is 79.3 Å². The van der Waals surface area contributed by atoms with Gasteiger partial charge in [-0.3, -0.25) is 0 Å². The molecule has 2 atom stereocenters. The van der Waals surface area contributed by atoms with E-state index in [4.69, 9.17) is 5.26 Å². The maximum Gasteiger partial charge on any atom is 0.0706 e. The van der Waals surface area contributed by atoms with Crippen molar-refractivity contribution >= 4 is 0 Å². The molecule has 0 unspecified atom stereocenters. The second-order valence-electron chi connectivity index (χ2n) is 3.09. The van der Waals surface area contributed by atoms with E-state index in [1.165, 1.54) is 5.56 Å². The summed E-state index contributed by atoms with van der Waals surface area (Å²) in [5, 5.41) is 8.84. The minimum Gasteiger partial charge on any atom is -0.198 e. The summed E-state index contributed by atoms with van der Waals surface area (Å²) in [5.74, 6) is 0.131. The molecule has 0 N–H and O–H groups in total. The molecule has 13 heavy (non-hydrogen) atoms. The lowest BCUT2D eigenvalue weighted by molar-refractivity contribution is 0.660. The smallest absolute Gasteiger partial charge is 0.0706 e. The zero-order chi connectivity index (χ0) is 9.68. The third-order valence-corrected chi connectivity index (χ3v) is 2.27. The summed E-state index contributed by atoms with van der Waals surface area (Å²) in [6, 6.07) is 12.3. The molecule has 0 amide bonds. The second kappa shape index (κ2) is 4.47. The Morgan fingerprint density at radius 3 is 2.46 bits per heavy atom. The first kappa shape index (κ1) is 9.54. The monoisotopic (exact) mass is 171 g/mol. The first-order valence-electron chi connectivity index (χ1n) is 4.36. The van der Waals surface area contributed by atoms with Gasteiger partial charge < -0.3 is 0 Å². The molecule has 1 aromatic carbocycles.